The molecule has 0 aliphatic rings. The normalized spacial score (nSPS) is 10.7. The van der Waals surface area contributed by atoms with Gasteiger partial charge in [-0.05, 0) is 42.8 Å². The molecule has 0 bridgehead atoms. The maximum atomic E-state index is 13.8. The highest BCUT2D eigenvalue weighted by molar-refractivity contribution is 7.99. The van der Waals surface area contributed by atoms with Crippen molar-refractivity contribution >= 4 is 23.4 Å². The van der Waals surface area contributed by atoms with E-state index in [-0.39, 0.29) is 24.0 Å². The van der Waals surface area contributed by atoms with Crippen LogP contribution in [-0.2, 0) is 11.4 Å². The summed E-state index contributed by atoms with van der Waals surface area (Å²) in [5.74, 6) is 0.622. The number of amides is 1. The van der Waals surface area contributed by atoms with Gasteiger partial charge in [-0.25, -0.2) is 4.39 Å². The van der Waals surface area contributed by atoms with E-state index in [1.807, 2.05) is 66.1 Å². The molecule has 0 aliphatic carbocycles. The summed E-state index contributed by atoms with van der Waals surface area (Å²) in [7, 11) is 0. The number of ether oxygens (including phenoxy) is 1. The van der Waals surface area contributed by atoms with E-state index in [1.54, 1.807) is 12.1 Å². The molecule has 0 atom stereocenters. The molecule has 1 heterocycles. The van der Waals surface area contributed by atoms with E-state index in [0.29, 0.717) is 11.0 Å². The van der Waals surface area contributed by atoms with Crippen molar-refractivity contribution in [1.82, 2.24) is 14.8 Å². The maximum absolute atomic E-state index is 13.8. The molecule has 32 heavy (non-hydrogen) atoms. The number of aromatic nitrogens is 3. The Balaban J connectivity index is 1.51. The number of carbonyl (C=O) groups is 1. The molecule has 0 aliphatic heterocycles. The number of aryl methyl sites for hydroxylation is 1. The van der Waals surface area contributed by atoms with Gasteiger partial charge in [0, 0.05) is 5.69 Å². The third-order valence-corrected chi connectivity index (χ3v) is 5.57. The Kier molecular flexibility index (Phi) is 6.81. The quantitative estimate of drug-likeness (QED) is 0.383. The fraction of sp³-hybridized carbons (Fsp3) is 0.125. The molecule has 0 fully saturated rings. The molecule has 4 aromatic rings. The molecule has 0 saturated carbocycles. The van der Waals surface area contributed by atoms with Crippen molar-refractivity contribution in [2.24, 2.45) is 0 Å². The number of hydrogen-bond acceptors (Lipinski definition) is 5. The average Bonchev–Trinajstić information content (AvgIpc) is 3.22. The Morgan fingerprint density at radius 3 is 2.50 bits per heavy atom. The zero-order chi connectivity index (χ0) is 22.3. The second kappa shape index (κ2) is 10.1. The average molecular weight is 449 g/mol. The van der Waals surface area contributed by atoms with Crippen molar-refractivity contribution in [3.05, 3.63) is 96.1 Å². The zero-order valence-electron chi connectivity index (χ0n) is 17.4. The summed E-state index contributed by atoms with van der Waals surface area (Å²) in [4.78, 5) is 12.4. The van der Waals surface area contributed by atoms with E-state index in [4.69, 9.17) is 4.74 Å². The summed E-state index contributed by atoms with van der Waals surface area (Å²) in [6.07, 6.45) is 0. The Morgan fingerprint density at radius 2 is 1.72 bits per heavy atom. The third-order valence-electron chi connectivity index (χ3n) is 4.65. The van der Waals surface area contributed by atoms with Crippen molar-refractivity contribution in [2.75, 3.05) is 11.1 Å². The molecule has 8 heteroatoms. The minimum atomic E-state index is -0.478. The first-order valence-electron chi connectivity index (χ1n) is 9.97. The first-order valence-corrected chi connectivity index (χ1v) is 11.0. The fourth-order valence-corrected chi connectivity index (χ4v) is 3.83. The standard InChI is InChI=1S/C24H21FN4O2S/c1-17-9-5-8-14-21(17)31-15-22-27-28-24(29(22)18-10-3-2-4-11-18)32-16-23(30)26-20-13-7-6-12-19(20)25/h2-14H,15-16H2,1H3,(H,26,30). The minimum absolute atomic E-state index is 0.0535. The van der Waals surface area contributed by atoms with Gasteiger partial charge in [-0.3, -0.25) is 9.36 Å². The summed E-state index contributed by atoms with van der Waals surface area (Å²) in [6.45, 7) is 2.20. The molecule has 0 saturated heterocycles. The van der Waals surface area contributed by atoms with E-state index in [9.17, 15) is 9.18 Å². The summed E-state index contributed by atoms with van der Waals surface area (Å²) >= 11 is 1.22. The lowest BCUT2D eigenvalue weighted by atomic mass is 10.2. The van der Waals surface area contributed by atoms with Crippen molar-refractivity contribution in [3.8, 4) is 11.4 Å². The van der Waals surface area contributed by atoms with Crippen molar-refractivity contribution in [1.29, 1.82) is 0 Å². The predicted octanol–water partition coefficient (Wildman–Crippen LogP) is 5.02. The van der Waals surface area contributed by atoms with Gasteiger partial charge < -0.3 is 10.1 Å². The van der Waals surface area contributed by atoms with Gasteiger partial charge in [0.2, 0.25) is 5.91 Å². The second-order valence-corrected chi connectivity index (χ2v) is 7.88. The lowest BCUT2D eigenvalue weighted by Crippen LogP contribution is -2.15. The molecular formula is C24H21FN4O2S. The minimum Gasteiger partial charge on any atom is -0.485 e. The van der Waals surface area contributed by atoms with Crippen LogP contribution in [0.1, 0.15) is 11.4 Å². The van der Waals surface area contributed by atoms with Crippen LogP contribution in [0.25, 0.3) is 5.69 Å². The van der Waals surface area contributed by atoms with Gasteiger partial charge in [-0.2, -0.15) is 0 Å². The van der Waals surface area contributed by atoms with E-state index in [2.05, 4.69) is 15.5 Å². The van der Waals surface area contributed by atoms with Gasteiger partial charge >= 0.3 is 0 Å². The van der Waals surface area contributed by atoms with Gasteiger partial charge in [-0.1, -0.05) is 60.3 Å². The number of anilines is 1. The van der Waals surface area contributed by atoms with Crippen LogP contribution >= 0.6 is 11.8 Å². The third kappa shape index (κ3) is 5.15. The van der Waals surface area contributed by atoms with Crippen molar-refractivity contribution in [3.63, 3.8) is 0 Å². The summed E-state index contributed by atoms with van der Waals surface area (Å²) < 4.78 is 21.6. The van der Waals surface area contributed by atoms with Crippen LogP contribution in [0, 0.1) is 12.7 Å². The number of halogens is 1. The predicted molar refractivity (Wildman–Crippen MR) is 123 cm³/mol. The summed E-state index contributed by atoms with van der Waals surface area (Å²) in [6, 6.07) is 23.4. The first kappa shape index (κ1) is 21.6. The number of rotatable bonds is 8. The highest BCUT2D eigenvalue weighted by atomic mass is 32.2. The second-order valence-electron chi connectivity index (χ2n) is 6.94. The molecule has 6 nitrogen and oxygen atoms in total. The number of thioether (sulfide) groups is 1. The SMILES string of the molecule is Cc1ccccc1OCc1nnc(SCC(=O)Nc2ccccc2F)n1-c1ccccc1. The molecule has 4 rings (SSSR count). The van der Waals surface area contributed by atoms with Crippen molar-refractivity contribution in [2.45, 2.75) is 18.7 Å². The molecule has 162 valence electrons. The number of nitrogens with one attached hydrogen (secondary N) is 1. The molecule has 0 radical (unpaired) electrons. The largest absolute Gasteiger partial charge is 0.485 e. The molecule has 1 N–H and O–H groups in total. The van der Waals surface area contributed by atoms with E-state index in [1.165, 1.54) is 23.9 Å². The molecule has 0 spiro atoms. The smallest absolute Gasteiger partial charge is 0.234 e. The Hall–Kier alpha value is -3.65. The van der Waals surface area contributed by atoms with Gasteiger partial charge in [-0.15, -0.1) is 10.2 Å². The Labute approximate surface area is 189 Å². The Morgan fingerprint density at radius 1 is 1.00 bits per heavy atom. The maximum Gasteiger partial charge on any atom is 0.234 e. The number of nitrogens with zero attached hydrogens (tertiary/aromatic N) is 3. The van der Waals surface area contributed by atoms with Gasteiger partial charge in [0.25, 0.3) is 0 Å². The van der Waals surface area contributed by atoms with Crippen LogP contribution < -0.4 is 10.1 Å². The van der Waals surface area contributed by atoms with E-state index in [0.717, 1.165) is 17.0 Å². The van der Waals surface area contributed by atoms with Gasteiger partial charge in [0.15, 0.2) is 11.0 Å². The van der Waals surface area contributed by atoms with Crippen LogP contribution in [0.15, 0.2) is 84.0 Å². The van der Waals surface area contributed by atoms with Crippen molar-refractivity contribution < 1.29 is 13.9 Å². The van der Waals surface area contributed by atoms with Crippen LogP contribution in [0.4, 0.5) is 10.1 Å². The van der Waals surface area contributed by atoms with Gasteiger partial charge in [0.05, 0.1) is 11.4 Å². The topological polar surface area (TPSA) is 69.0 Å². The molecular weight excluding hydrogens is 427 g/mol. The Bertz CT molecular complexity index is 1210. The van der Waals surface area contributed by atoms with Crippen LogP contribution in [0.2, 0.25) is 0 Å². The van der Waals surface area contributed by atoms with Crippen LogP contribution in [0.5, 0.6) is 5.75 Å². The summed E-state index contributed by atoms with van der Waals surface area (Å²) in [5, 5.41) is 11.7. The molecule has 0 unspecified atom stereocenters. The zero-order valence-corrected chi connectivity index (χ0v) is 18.2. The lowest BCUT2D eigenvalue weighted by molar-refractivity contribution is -0.113. The summed E-state index contributed by atoms with van der Waals surface area (Å²) in [5.41, 5.74) is 2.03. The first-order chi connectivity index (χ1) is 15.6. The monoisotopic (exact) mass is 448 g/mol. The van der Waals surface area contributed by atoms with Crippen LogP contribution in [-0.4, -0.2) is 26.4 Å². The number of benzene rings is 3. The highest BCUT2D eigenvalue weighted by Crippen LogP contribution is 2.24. The number of hydrogen-bond donors (Lipinski definition) is 1. The number of carbonyl (C=O) groups excluding carboxylic acids is 1. The van der Waals surface area contributed by atoms with E-state index >= 15 is 0 Å². The lowest BCUT2D eigenvalue weighted by Gasteiger charge is -2.12. The number of para-hydroxylation sites is 3. The fourth-order valence-electron chi connectivity index (χ4n) is 3.06. The van der Waals surface area contributed by atoms with Gasteiger partial charge in [0.1, 0.15) is 18.2 Å². The molecule has 3 aromatic carbocycles. The van der Waals surface area contributed by atoms with Crippen LogP contribution in [0.3, 0.4) is 0 Å². The van der Waals surface area contributed by atoms with E-state index < -0.39 is 5.82 Å². The molecule has 1 aromatic heterocycles. The molecule has 1 amide bonds. The highest BCUT2D eigenvalue weighted by Gasteiger charge is 2.17.